The lowest BCUT2D eigenvalue weighted by molar-refractivity contribution is -0.216. The molecule has 2 saturated heterocycles. The van der Waals surface area contributed by atoms with E-state index in [4.69, 9.17) is 16.3 Å². The van der Waals surface area contributed by atoms with Gasteiger partial charge >= 0.3 is 12.1 Å². The summed E-state index contributed by atoms with van der Waals surface area (Å²) in [4.78, 5) is 29.6. The Morgan fingerprint density at radius 1 is 1.00 bits per heavy atom. The number of aryl methyl sites for hydroxylation is 2. The van der Waals surface area contributed by atoms with Crippen molar-refractivity contribution in [3.8, 4) is 5.69 Å². The van der Waals surface area contributed by atoms with Gasteiger partial charge in [0.25, 0.3) is 0 Å². The van der Waals surface area contributed by atoms with Crippen LogP contribution in [0.3, 0.4) is 0 Å². The Morgan fingerprint density at radius 2 is 1.72 bits per heavy atom. The highest BCUT2D eigenvalue weighted by Crippen LogP contribution is 2.41. The molecule has 0 bridgehead atoms. The number of halogens is 6. The van der Waals surface area contributed by atoms with E-state index in [2.05, 4.69) is 5.10 Å². The Labute approximate surface area is 269 Å². The van der Waals surface area contributed by atoms with Crippen LogP contribution in [0.5, 0.6) is 0 Å². The standard InChI is InChI=1S/C33H36ClF5N4O3/c1-18-12-22(7-9-26(18)34)43-28(13-19(2)40-43)20-10-11-42(29(14-20)46-31(45)33(37,38)39)30(44)25-17-41(32(3,4)5)16-24(25)23-8-6-21(35)15-27(23)36/h6-9,12-13,15,20,24-25,29H,10-11,14,16-17H2,1-5H3/t20?,24-,25+,29?/m0/s1. The van der Waals surface area contributed by atoms with Crippen molar-refractivity contribution in [3.05, 3.63) is 81.6 Å². The summed E-state index contributed by atoms with van der Waals surface area (Å²) < 4.78 is 76.0. The number of piperidine rings is 1. The molecule has 0 N–H and O–H groups in total. The van der Waals surface area contributed by atoms with Gasteiger partial charge in [0.2, 0.25) is 5.91 Å². The second kappa shape index (κ2) is 12.6. The van der Waals surface area contributed by atoms with Gasteiger partial charge in [0.1, 0.15) is 11.6 Å². The lowest BCUT2D eigenvalue weighted by Gasteiger charge is -2.40. The SMILES string of the molecule is Cc1cc(C2CCN(C(=O)[C@@H]3CN(C(C)(C)C)C[C@H]3c3ccc(F)cc3F)C(OC(=O)C(F)(F)F)C2)n(-c2ccc(Cl)c(C)c2)n1. The fraction of sp³-hybridized carbons (Fsp3) is 0.485. The molecule has 46 heavy (non-hydrogen) atoms. The fourth-order valence-corrected chi connectivity index (χ4v) is 6.58. The maximum absolute atomic E-state index is 15.1. The third kappa shape index (κ3) is 6.92. The molecule has 0 saturated carbocycles. The quantitative estimate of drug-likeness (QED) is 0.215. The topological polar surface area (TPSA) is 67.7 Å². The number of amides is 1. The minimum absolute atomic E-state index is 0.0200. The van der Waals surface area contributed by atoms with E-state index in [1.54, 1.807) is 23.7 Å². The van der Waals surface area contributed by atoms with E-state index in [-0.39, 0.29) is 31.6 Å². The van der Waals surface area contributed by atoms with E-state index >= 15 is 4.39 Å². The molecule has 3 heterocycles. The van der Waals surface area contributed by atoms with Gasteiger partial charge in [0.05, 0.1) is 17.3 Å². The zero-order valence-electron chi connectivity index (χ0n) is 26.2. The molecule has 13 heteroatoms. The van der Waals surface area contributed by atoms with Crippen LogP contribution in [0.4, 0.5) is 22.0 Å². The molecule has 2 unspecified atom stereocenters. The van der Waals surface area contributed by atoms with E-state index in [0.717, 1.165) is 17.7 Å². The number of likely N-dealkylation sites (tertiary alicyclic amines) is 2. The summed E-state index contributed by atoms with van der Waals surface area (Å²) in [5, 5.41) is 5.16. The van der Waals surface area contributed by atoms with Gasteiger partial charge in [-0.3, -0.25) is 9.69 Å². The summed E-state index contributed by atoms with van der Waals surface area (Å²) in [7, 11) is 0. The molecule has 1 aromatic heterocycles. The highest BCUT2D eigenvalue weighted by atomic mass is 35.5. The van der Waals surface area contributed by atoms with E-state index < -0.39 is 59.2 Å². The van der Waals surface area contributed by atoms with Gasteiger partial charge in [-0.05, 0) is 82.5 Å². The largest absolute Gasteiger partial charge is 0.491 e. The van der Waals surface area contributed by atoms with Crippen LogP contribution < -0.4 is 0 Å². The van der Waals surface area contributed by atoms with Crippen LogP contribution in [0.2, 0.25) is 5.02 Å². The fourth-order valence-electron chi connectivity index (χ4n) is 6.46. The van der Waals surface area contributed by atoms with Gasteiger partial charge in [0.15, 0.2) is 6.23 Å². The molecule has 2 aromatic carbocycles. The van der Waals surface area contributed by atoms with Crippen molar-refractivity contribution in [2.75, 3.05) is 19.6 Å². The first-order valence-electron chi connectivity index (χ1n) is 15.1. The normalized spacial score (nSPS) is 22.7. The first-order valence-corrected chi connectivity index (χ1v) is 15.4. The van der Waals surface area contributed by atoms with Crippen LogP contribution in [-0.2, 0) is 14.3 Å². The maximum atomic E-state index is 15.1. The van der Waals surface area contributed by atoms with Crippen molar-refractivity contribution >= 4 is 23.5 Å². The van der Waals surface area contributed by atoms with Crippen LogP contribution >= 0.6 is 11.6 Å². The van der Waals surface area contributed by atoms with Crippen LogP contribution in [0.1, 0.15) is 68.0 Å². The summed E-state index contributed by atoms with van der Waals surface area (Å²) in [5.74, 6) is -6.55. The van der Waals surface area contributed by atoms with Crippen molar-refractivity contribution in [1.82, 2.24) is 19.6 Å². The Hall–Kier alpha value is -3.51. The molecule has 2 aliphatic heterocycles. The first-order chi connectivity index (χ1) is 21.4. The number of carbonyl (C=O) groups excluding carboxylic acids is 2. The Bertz CT molecular complexity index is 1640. The lowest BCUT2D eigenvalue weighted by Crippen LogP contribution is -2.52. The van der Waals surface area contributed by atoms with Crippen molar-refractivity contribution in [2.45, 2.75) is 77.2 Å². The van der Waals surface area contributed by atoms with Crippen LogP contribution in [0.25, 0.3) is 5.69 Å². The average molecular weight is 667 g/mol. The molecule has 5 rings (SSSR count). The number of hydrogen-bond acceptors (Lipinski definition) is 5. The van der Waals surface area contributed by atoms with Gasteiger partial charge < -0.3 is 9.64 Å². The number of rotatable bonds is 5. The van der Waals surface area contributed by atoms with Crippen molar-refractivity contribution in [2.24, 2.45) is 5.92 Å². The van der Waals surface area contributed by atoms with Gasteiger partial charge in [0, 0.05) is 60.2 Å². The summed E-state index contributed by atoms with van der Waals surface area (Å²) in [6.07, 6.45) is -6.60. The van der Waals surface area contributed by atoms with Crippen LogP contribution in [-0.4, -0.2) is 69.0 Å². The number of ether oxygens (including phenoxy) is 1. The second-order valence-corrected chi connectivity index (χ2v) is 13.5. The summed E-state index contributed by atoms with van der Waals surface area (Å²) in [6, 6.07) is 10.3. The van der Waals surface area contributed by atoms with E-state index in [1.165, 1.54) is 11.0 Å². The molecule has 0 radical (unpaired) electrons. The number of carbonyl (C=O) groups is 2. The van der Waals surface area contributed by atoms with Crippen LogP contribution in [0.15, 0.2) is 42.5 Å². The Kier molecular flexibility index (Phi) is 9.27. The molecule has 2 aliphatic rings. The predicted molar refractivity (Wildman–Crippen MR) is 162 cm³/mol. The van der Waals surface area contributed by atoms with Gasteiger partial charge in [-0.15, -0.1) is 0 Å². The smallest absolute Gasteiger partial charge is 0.435 e. The molecule has 0 spiro atoms. The summed E-state index contributed by atoms with van der Waals surface area (Å²) in [6.45, 7) is 9.87. The highest BCUT2D eigenvalue weighted by molar-refractivity contribution is 6.31. The minimum atomic E-state index is -5.28. The zero-order chi connectivity index (χ0) is 33.7. The third-order valence-corrected chi connectivity index (χ3v) is 9.35. The minimum Gasteiger partial charge on any atom is -0.435 e. The van der Waals surface area contributed by atoms with Crippen molar-refractivity contribution in [3.63, 3.8) is 0 Å². The van der Waals surface area contributed by atoms with Crippen molar-refractivity contribution in [1.29, 1.82) is 0 Å². The molecular weight excluding hydrogens is 631 g/mol. The monoisotopic (exact) mass is 666 g/mol. The second-order valence-electron chi connectivity index (χ2n) is 13.1. The number of aromatic nitrogens is 2. The number of hydrogen-bond donors (Lipinski definition) is 0. The molecule has 0 aliphatic carbocycles. The average Bonchev–Trinajstić information content (AvgIpc) is 3.58. The molecule has 3 aromatic rings. The highest BCUT2D eigenvalue weighted by Gasteiger charge is 2.49. The molecule has 248 valence electrons. The van der Waals surface area contributed by atoms with Gasteiger partial charge in [-0.2, -0.15) is 18.3 Å². The number of alkyl halides is 3. The lowest BCUT2D eigenvalue weighted by atomic mass is 9.85. The zero-order valence-corrected chi connectivity index (χ0v) is 26.9. The van der Waals surface area contributed by atoms with E-state index in [1.807, 2.05) is 44.7 Å². The molecule has 2 fully saturated rings. The van der Waals surface area contributed by atoms with Gasteiger partial charge in [-0.1, -0.05) is 17.7 Å². The Balaban J connectivity index is 1.49. The number of esters is 1. The number of nitrogens with zero attached hydrogens (tertiary/aromatic N) is 4. The molecule has 7 nitrogen and oxygen atoms in total. The first kappa shape index (κ1) is 33.8. The summed E-state index contributed by atoms with van der Waals surface area (Å²) >= 11 is 6.22. The van der Waals surface area contributed by atoms with E-state index in [9.17, 15) is 27.2 Å². The van der Waals surface area contributed by atoms with Crippen molar-refractivity contribution < 1.29 is 36.3 Å². The van der Waals surface area contributed by atoms with Crippen LogP contribution in [0, 0.1) is 31.4 Å². The van der Waals surface area contributed by atoms with E-state index in [0.29, 0.717) is 28.5 Å². The predicted octanol–water partition coefficient (Wildman–Crippen LogP) is 7.07. The summed E-state index contributed by atoms with van der Waals surface area (Å²) in [5.41, 5.74) is 2.58. The number of benzene rings is 2. The molecular formula is C33H36ClF5N4O3. The maximum Gasteiger partial charge on any atom is 0.491 e. The third-order valence-electron chi connectivity index (χ3n) is 8.92. The molecule has 4 atom stereocenters. The molecule has 1 amide bonds. The van der Waals surface area contributed by atoms with Gasteiger partial charge in [-0.25, -0.2) is 18.3 Å². The Morgan fingerprint density at radius 3 is 2.35 bits per heavy atom.